The number of ether oxygens (including phenoxy) is 2. The normalized spacial score (nSPS) is 12.8. The van der Waals surface area contributed by atoms with E-state index < -0.39 is 15.9 Å². The molecule has 1 aliphatic rings. The van der Waals surface area contributed by atoms with Gasteiger partial charge in [0, 0.05) is 11.8 Å². The van der Waals surface area contributed by atoms with Crippen LogP contribution in [0, 0.1) is 20.8 Å². The highest BCUT2D eigenvalue weighted by Crippen LogP contribution is 2.34. The van der Waals surface area contributed by atoms with E-state index in [9.17, 15) is 13.2 Å². The lowest BCUT2D eigenvalue weighted by Gasteiger charge is -2.25. The van der Waals surface area contributed by atoms with Crippen LogP contribution in [-0.4, -0.2) is 34.1 Å². The fourth-order valence-electron chi connectivity index (χ4n) is 3.66. The van der Waals surface area contributed by atoms with E-state index in [0.29, 0.717) is 36.1 Å². The molecule has 1 N–H and O–H groups in total. The van der Waals surface area contributed by atoms with Crippen molar-refractivity contribution in [3.05, 3.63) is 77.4 Å². The summed E-state index contributed by atoms with van der Waals surface area (Å²) in [5.41, 5.74) is 3.87. The van der Waals surface area contributed by atoms with Crippen molar-refractivity contribution in [2.75, 3.05) is 29.4 Å². The van der Waals surface area contributed by atoms with Gasteiger partial charge in [0.05, 0.1) is 10.6 Å². The smallest absolute Gasteiger partial charge is 0.264 e. The first-order valence-electron chi connectivity index (χ1n) is 10.6. The van der Waals surface area contributed by atoms with E-state index in [1.807, 2.05) is 51.1 Å². The minimum Gasteiger partial charge on any atom is -0.486 e. The molecule has 0 fully saturated rings. The van der Waals surface area contributed by atoms with Gasteiger partial charge in [-0.05, 0) is 56.2 Å². The Morgan fingerprint density at radius 2 is 1.55 bits per heavy atom. The summed E-state index contributed by atoms with van der Waals surface area (Å²) in [6, 6.07) is 17.2. The van der Waals surface area contributed by atoms with Gasteiger partial charge in [0.25, 0.3) is 10.0 Å². The van der Waals surface area contributed by atoms with Crippen LogP contribution in [0.4, 0.5) is 11.4 Å². The number of aryl methyl sites for hydroxylation is 3. The molecule has 0 saturated heterocycles. The summed E-state index contributed by atoms with van der Waals surface area (Å²) < 4.78 is 39.5. The monoisotopic (exact) mass is 466 g/mol. The van der Waals surface area contributed by atoms with E-state index in [2.05, 4.69) is 5.32 Å². The standard InChI is InChI=1S/C25H26N2O5S/c1-17-7-9-20(10-8-17)27(16-24(28)26-25-18(2)5-4-6-19(25)3)33(29,30)21-11-12-22-23(15-21)32-14-13-31-22/h4-12,15H,13-14,16H2,1-3H3,(H,26,28). The number of rotatable bonds is 6. The number of anilines is 2. The van der Waals surface area contributed by atoms with Gasteiger partial charge in [-0.25, -0.2) is 8.42 Å². The lowest BCUT2D eigenvalue weighted by Crippen LogP contribution is -2.38. The van der Waals surface area contributed by atoms with Crippen LogP contribution < -0.4 is 19.1 Å². The fraction of sp³-hybridized carbons (Fsp3) is 0.240. The van der Waals surface area contributed by atoms with Gasteiger partial charge in [-0.2, -0.15) is 0 Å². The number of fused-ring (bicyclic) bond motifs is 1. The third kappa shape index (κ3) is 4.80. The molecule has 1 heterocycles. The number of nitrogens with zero attached hydrogens (tertiary/aromatic N) is 1. The molecule has 0 saturated carbocycles. The van der Waals surface area contributed by atoms with Gasteiger partial charge < -0.3 is 14.8 Å². The molecule has 0 radical (unpaired) electrons. The van der Waals surface area contributed by atoms with Crippen LogP contribution in [0.1, 0.15) is 16.7 Å². The predicted octanol–water partition coefficient (Wildman–Crippen LogP) is 4.22. The molecule has 0 bridgehead atoms. The minimum absolute atomic E-state index is 0.0206. The molecule has 8 heteroatoms. The number of hydrogen-bond acceptors (Lipinski definition) is 5. The molecule has 7 nitrogen and oxygen atoms in total. The molecule has 3 aromatic carbocycles. The van der Waals surface area contributed by atoms with Crippen molar-refractivity contribution in [2.45, 2.75) is 25.7 Å². The van der Waals surface area contributed by atoms with E-state index in [-0.39, 0.29) is 11.4 Å². The first-order valence-corrected chi connectivity index (χ1v) is 12.0. The van der Waals surface area contributed by atoms with Gasteiger partial charge >= 0.3 is 0 Å². The first kappa shape index (κ1) is 22.7. The van der Waals surface area contributed by atoms with Gasteiger partial charge in [-0.15, -0.1) is 0 Å². The molecule has 0 unspecified atom stereocenters. The van der Waals surface area contributed by atoms with E-state index in [1.165, 1.54) is 12.1 Å². The Bertz CT molecular complexity index is 1270. The molecular formula is C25H26N2O5S. The Morgan fingerprint density at radius 3 is 2.21 bits per heavy atom. The van der Waals surface area contributed by atoms with Gasteiger partial charge in [0.2, 0.25) is 5.91 Å². The van der Waals surface area contributed by atoms with Crippen molar-refractivity contribution < 1.29 is 22.7 Å². The van der Waals surface area contributed by atoms with Gasteiger partial charge in [-0.3, -0.25) is 9.10 Å². The van der Waals surface area contributed by atoms with Crippen LogP contribution in [0.3, 0.4) is 0 Å². The average molecular weight is 467 g/mol. The molecule has 3 aromatic rings. The maximum absolute atomic E-state index is 13.7. The zero-order valence-electron chi connectivity index (χ0n) is 18.8. The van der Waals surface area contributed by atoms with Crippen LogP contribution in [-0.2, 0) is 14.8 Å². The Kier molecular flexibility index (Phi) is 6.29. The summed E-state index contributed by atoms with van der Waals surface area (Å²) in [7, 11) is -4.07. The summed E-state index contributed by atoms with van der Waals surface area (Å²) in [6.45, 7) is 6.08. The molecule has 1 aliphatic heterocycles. The lowest BCUT2D eigenvalue weighted by atomic mass is 10.1. The van der Waals surface area contributed by atoms with Crippen molar-refractivity contribution >= 4 is 27.3 Å². The van der Waals surface area contributed by atoms with Crippen molar-refractivity contribution in [3.63, 3.8) is 0 Å². The SMILES string of the molecule is Cc1ccc(N(CC(=O)Nc2c(C)cccc2C)S(=O)(=O)c2ccc3c(c2)OCCO3)cc1. The van der Waals surface area contributed by atoms with Crippen LogP contribution >= 0.6 is 0 Å². The largest absolute Gasteiger partial charge is 0.486 e. The number of amides is 1. The quantitative estimate of drug-likeness (QED) is 0.588. The van der Waals surface area contributed by atoms with Crippen molar-refractivity contribution in [2.24, 2.45) is 0 Å². The van der Waals surface area contributed by atoms with Crippen LogP contribution in [0.2, 0.25) is 0 Å². The highest BCUT2D eigenvalue weighted by atomic mass is 32.2. The van der Waals surface area contributed by atoms with E-state index in [1.54, 1.807) is 18.2 Å². The number of carbonyl (C=O) groups excluding carboxylic acids is 1. The predicted molar refractivity (Wildman–Crippen MR) is 128 cm³/mol. The first-order chi connectivity index (χ1) is 15.8. The Morgan fingerprint density at radius 1 is 0.909 bits per heavy atom. The Labute approximate surface area is 194 Å². The second-order valence-electron chi connectivity index (χ2n) is 7.97. The molecular weight excluding hydrogens is 440 g/mol. The molecule has 0 aliphatic carbocycles. The average Bonchev–Trinajstić information content (AvgIpc) is 2.80. The summed E-state index contributed by atoms with van der Waals surface area (Å²) in [5, 5.41) is 2.87. The highest BCUT2D eigenvalue weighted by Gasteiger charge is 2.29. The number of carbonyl (C=O) groups is 1. The summed E-state index contributed by atoms with van der Waals surface area (Å²) in [5.74, 6) is 0.426. The number of sulfonamides is 1. The number of nitrogens with one attached hydrogen (secondary N) is 1. The van der Waals surface area contributed by atoms with Gasteiger partial charge in [-0.1, -0.05) is 35.9 Å². The number of hydrogen-bond donors (Lipinski definition) is 1. The van der Waals surface area contributed by atoms with Crippen LogP contribution in [0.25, 0.3) is 0 Å². The zero-order chi connectivity index (χ0) is 23.6. The molecule has 0 atom stereocenters. The molecule has 0 spiro atoms. The Hall–Kier alpha value is -3.52. The molecule has 4 rings (SSSR count). The zero-order valence-corrected chi connectivity index (χ0v) is 19.6. The fourth-order valence-corrected chi connectivity index (χ4v) is 5.10. The molecule has 0 aromatic heterocycles. The molecule has 172 valence electrons. The summed E-state index contributed by atoms with van der Waals surface area (Å²) >= 11 is 0. The molecule has 1 amide bonds. The summed E-state index contributed by atoms with van der Waals surface area (Å²) in [6.07, 6.45) is 0. The topological polar surface area (TPSA) is 84.9 Å². The number of para-hydroxylation sites is 1. The highest BCUT2D eigenvalue weighted by molar-refractivity contribution is 7.92. The van der Waals surface area contributed by atoms with Gasteiger partial charge in [0.15, 0.2) is 11.5 Å². The van der Waals surface area contributed by atoms with Crippen LogP contribution in [0.5, 0.6) is 11.5 Å². The van der Waals surface area contributed by atoms with E-state index >= 15 is 0 Å². The molecule has 33 heavy (non-hydrogen) atoms. The minimum atomic E-state index is -4.07. The second kappa shape index (κ2) is 9.15. The Balaban J connectivity index is 1.69. The van der Waals surface area contributed by atoms with Crippen molar-refractivity contribution in [1.82, 2.24) is 0 Å². The maximum Gasteiger partial charge on any atom is 0.264 e. The lowest BCUT2D eigenvalue weighted by molar-refractivity contribution is -0.114. The van der Waals surface area contributed by atoms with E-state index in [0.717, 1.165) is 21.0 Å². The van der Waals surface area contributed by atoms with Crippen molar-refractivity contribution in [1.29, 1.82) is 0 Å². The second-order valence-corrected chi connectivity index (χ2v) is 9.83. The number of benzene rings is 3. The van der Waals surface area contributed by atoms with E-state index in [4.69, 9.17) is 9.47 Å². The van der Waals surface area contributed by atoms with Crippen LogP contribution in [0.15, 0.2) is 65.6 Å². The van der Waals surface area contributed by atoms with Crippen molar-refractivity contribution in [3.8, 4) is 11.5 Å². The summed E-state index contributed by atoms with van der Waals surface area (Å²) in [4.78, 5) is 13.0. The third-order valence-corrected chi connectivity index (χ3v) is 7.23. The third-order valence-electron chi connectivity index (χ3n) is 5.46. The van der Waals surface area contributed by atoms with Gasteiger partial charge in [0.1, 0.15) is 19.8 Å². The maximum atomic E-state index is 13.7.